The van der Waals surface area contributed by atoms with Crippen molar-refractivity contribution in [3.63, 3.8) is 0 Å². The van der Waals surface area contributed by atoms with E-state index >= 15 is 0 Å². The number of rotatable bonds is 12. The van der Waals surface area contributed by atoms with Gasteiger partial charge in [-0.05, 0) is 37.0 Å². The zero-order chi connectivity index (χ0) is 30.2. The molecule has 2 aliphatic rings. The van der Waals surface area contributed by atoms with Gasteiger partial charge in [-0.2, -0.15) is 0 Å². The van der Waals surface area contributed by atoms with Gasteiger partial charge in [-0.25, -0.2) is 4.79 Å². The van der Waals surface area contributed by atoms with Gasteiger partial charge in [-0.1, -0.05) is 91.0 Å². The van der Waals surface area contributed by atoms with Gasteiger partial charge in [0.05, 0.1) is 19.8 Å². The summed E-state index contributed by atoms with van der Waals surface area (Å²) >= 11 is 0. The molecule has 3 aromatic rings. The topological polar surface area (TPSA) is 92.8 Å². The first-order valence-electron chi connectivity index (χ1n) is 14.6. The van der Waals surface area contributed by atoms with Crippen LogP contribution in [0.5, 0.6) is 0 Å². The van der Waals surface area contributed by atoms with Gasteiger partial charge < -0.3 is 28.4 Å². The zero-order valence-electron chi connectivity index (χ0n) is 24.8. The van der Waals surface area contributed by atoms with E-state index in [0.717, 1.165) is 16.7 Å². The maximum absolute atomic E-state index is 13.9. The third kappa shape index (κ3) is 8.00. The van der Waals surface area contributed by atoms with Crippen molar-refractivity contribution >= 4 is 12.1 Å². The summed E-state index contributed by atoms with van der Waals surface area (Å²) in [5.74, 6) is -1.26. The molecule has 2 fully saturated rings. The molecule has 5 atom stereocenters. The average molecular weight is 590 g/mol. The summed E-state index contributed by atoms with van der Waals surface area (Å²) in [6.07, 6.45) is -2.76. The summed E-state index contributed by atoms with van der Waals surface area (Å²) in [7, 11) is 1.35. The van der Waals surface area contributed by atoms with Crippen LogP contribution in [0.2, 0.25) is 0 Å². The summed E-state index contributed by atoms with van der Waals surface area (Å²) in [6.45, 7) is 4.29. The second-order valence-electron chi connectivity index (χ2n) is 11.2. The van der Waals surface area contributed by atoms with Crippen LogP contribution in [-0.2, 0) is 53.0 Å². The second-order valence-corrected chi connectivity index (χ2v) is 11.2. The number of fused-ring (bicyclic) bond motifs is 1. The van der Waals surface area contributed by atoms with Crippen LogP contribution in [0.15, 0.2) is 91.0 Å². The molecule has 3 aromatic carbocycles. The molecular weight excluding hydrogens is 550 g/mol. The highest BCUT2D eigenvalue weighted by molar-refractivity contribution is 5.70. The number of esters is 1. The Labute approximate surface area is 252 Å². The average Bonchev–Trinajstić information content (AvgIpc) is 3.50. The van der Waals surface area contributed by atoms with E-state index in [2.05, 4.69) is 0 Å². The van der Waals surface area contributed by atoms with Crippen LogP contribution in [-0.4, -0.2) is 60.5 Å². The van der Waals surface area contributed by atoms with Gasteiger partial charge >= 0.3 is 12.1 Å². The van der Waals surface area contributed by atoms with E-state index < -0.39 is 48.5 Å². The number of benzene rings is 3. The van der Waals surface area contributed by atoms with Gasteiger partial charge in [0.2, 0.25) is 0 Å². The van der Waals surface area contributed by atoms with E-state index in [4.69, 9.17) is 28.4 Å². The number of ether oxygens (including phenoxy) is 6. The Kier molecular flexibility index (Phi) is 10.1. The van der Waals surface area contributed by atoms with Crippen LogP contribution >= 0.6 is 0 Å². The van der Waals surface area contributed by atoms with E-state index in [1.54, 1.807) is 4.90 Å². The number of nitrogens with zero attached hydrogens (tertiary/aromatic N) is 1. The summed E-state index contributed by atoms with van der Waals surface area (Å²) < 4.78 is 36.2. The predicted octanol–water partition coefficient (Wildman–Crippen LogP) is 5.61. The van der Waals surface area contributed by atoms with Gasteiger partial charge in [0.25, 0.3) is 0 Å². The minimum atomic E-state index is -0.867. The fourth-order valence-corrected chi connectivity index (χ4v) is 5.54. The molecule has 2 aliphatic heterocycles. The SMILES string of the molecule is COC(=O)CC[C@@H]([C@H]1O[C@@H]2OC(C)(C)O[C@@H]2[C@H]1OCc1ccccc1)N(Cc1ccccc1)C(=O)OCc1ccccc1. The van der Waals surface area contributed by atoms with E-state index in [9.17, 15) is 9.59 Å². The van der Waals surface area contributed by atoms with Crippen LogP contribution in [0.1, 0.15) is 43.4 Å². The van der Waals surface area contributed by atoms with E-state index in [-0.39, 0.29) is 26.0 Å². The number of methoxy groups -OCH3 is 1. The van der Waals surface area contributed by atoms with Crippen LogP contribution in [0.3, 0.4) is 0 Å². The highest BCUT2D eigenvalue weighted by atomic mass is 16.8. The molecule has 0 saturated carbocycles. The van der Waals surface area contributed by atoms with Gasteiger partial charge in [0.1, 0.15) is 24.9 Å². The number of hydrogen-bond donors (Lipinski definition) is 0. The Morgan fingerprint density at radius 1 is 0.837 bits per heavy atom. The first kappa shape index (κ1) is 30.7. The van der Waals surface area contributed by atoms with E-state index in [1.807, 2.05) is 105 Å². The number of carbonyl (C=O) groups is 2. The molecule has 9 nitrogen and oxygen atoms in total. The standard InChI is InChI=1S/C34H39NO8/c1-34(2)42-31-30(39-22-25-15-9-5-10-16-25)29(41-32(31)43-34)27(19-20-28(36)38-3)35(21-24-13-7-4-8-14-24)33(37)40-23-26-17-11-6-12-18-26/h4-18,27,29-32H,19-23H2,1-3H3/t27-,29+,30-,31+,32+/m0/s1. The molecule has 5 rings (SSSR count). The van der Waals surface area contributed by atoms with Crippen LogP contribution in [0, 0.1) is 0 Å². The number of hydrogen-bond acceptors (Lipinski definition) is 8. The Hall–Kier alpha value is -3.76. The Morgan fingerprint density at radius 3 is 2.02 bits per heavy atom. The summed E-state index contributed by atoms with van der Waals surface area (Å²) in [5, 5.41) is 0. The van der Waals surface area contributed by atoms with Gasteiger partial charge in [0.15, 0.2) is 12.1 Å². The van der Waals surface area contributed by atoms with Crippen LogP contribution in [0.25, 0.3) is 0 Å². The number of amides is 1. The highest BCUT2D eigenvalue weighted by Gasteiger charge is 2.58. The molecule has 228 valence electrons. The Balaban J connectivity index is 1.46. The Bertz CT molecular complexity index is 1320. The minimum absolute atomic E-state index is 0.0617. The first-order chi connectivity index (χ1) is 20.8. The van der Waals surface area contributed by atoms with Crippen molar-refractivity contribution < 1.29 is 38.0 Å². The van der Waals surface area contributed by atoms with Gasteiger partial charge in [-0.3, -0.25) is 9.69 Å². The van der Waals surface area contributed by atoms with Gasteiger partial charge in [-0.15, -0.1) is 0 Å². The molecule has 0 spiro atoms. The van der Waals surface area contributed by atoms with Crippen LogP contribution in [0.4, 0.5) is 4.79 Å². The largest absolute Gasteiger partial charge is 0.469 e. The third-order valence-electron chi connectivity index (χ3n) is 7.60. The molecule has 0 N–H and O–H groups in total. The van der Waals surface area contributed by atoms with Crippen molar-refractivity contribution in [2.45, 2.75) is 82.9 Å². The normalized spacial score (nSPS) is 22.9. The van der Waals surface area contributed by atoms with Crippen molar-refractivity contribution in [2.75, 3.05) is 7.11 Å². The third-order valence-corrected chi connectivity index (χ3v) is 7.60. The number of carbonyl (C=O) groups excluding carboxylic acids is 2. The predicted molar refractivity (Wildman–Crippen MR) is 157 cm³/mol. The fraction of sp³-hybridized carbons (Fsp3) is 0.412. The molecule has 43 heavy (non-hydrogen) atoms. The summed E-state index contributed by atoms with van der Waals surface area (Å²) in [6, 6.07) is 28.3. The molecule has 0 bridgehead atoms. The molecule has 9 heteroatoms. The molecule has 0 aromatic heterocycles. The van der Waals surface area contributed by atoms with Gasteiger partial charge in [0, 0.05) is 13.0 Å². The zero-order valence-corrected chi connectivity index (χ0v) is 24.8. The molecule has 1 amide bonds. The Morgan fingerprint density at radius 2 is 1.42 bits per heavy atom. The van der Waals surface area contributed by atoms with Crippen LogP contribution < -0.4 is 0 Å². The lowest BCUT2D eigenvalue weighted by Gasteiger charge is -2.37. The summed E-state index contributed by atoms with van der Waals surface area (Å²) in [4.78, 5) is 27.9. The van der Waals surface area contributed by atoms with Crippen molar-refractivity contribution in [1.29, 1.82) is 0 Å². The molecule has 0 radical (unpaired) electrons. The lowest BCUT2D eigenvalue weighted by molar-refractivity contribution is -0.226. The molecule has 0 unspecified atom stereocenters. The highest BCUT2D eigenvalue weighted by Crippen LogP contribution is 2.41. The molecule has 2 heterocycles. The second kappa shape index (κ2) is 14.1. The van der Waals surface area contributed by atoms with E-state index in [0.29, 0.717) is 6.61 Å². The van der Waals surface area contributed by atoms with Crippen molar-refractivity contribution in [3.05, 3.63) is 108 Å². The lowest BCUT2D eigenvalue weighted by atomic mass is 9.97. The summed E-state index contributed by atoms with van der Waals surface area (Å²) in [5.41, 5.74) is 2.74. The fourth-order valence-electron chi connectivity index (χ4n) is 5.54. The van der Waals surface area contributed by atoms with Crippen molar-refractivity contribution in [2.24, 2.45) is 0 Å². The first-order valence-corrected chi connectivity index (χ1v) is 14.6. The smallest absolute Gasteiger partial charge is 0.410 e. The molecule has 2 saturated heterocycles. The minimum Gasteiger partial charge on any atom is -0.469 e. The van der Waals surface area contributed by atoms with Crippen molar-refractivity contribution in [1.82, 2.24) is 4.90 Å². The van der Waals surface area contributed by atoms with E-state index in [1.165, 1.54) is 7.11 Å². The quantitative estimate of drug-likeness (QED) is 0.252. The molecular formula is C34H39NO8. The monoisotopic (exact) mass is 589 g/mol. The molecule has 0 aliphatic carbocycles. The van der Waals surface area contributed by atoms with Crippen molar-refractivity contribution in [3.8, 4) is 0 Å². The lowest BCUT2D eigenvalue weighted by Crippen LogP contribution is -2.52. The maximum Gasteiger partial charge on any atom is 0.410 e. The maximum atomic E-state index is 13.9.